The van der Waals surface area contributed by atoms with Gasteiger partial charge in [-0.05, 0) is 81.6 Å². The normalized spacial score (nSPS) is 11.4. The highest BCUT2D eigenvalue weighted by atomic mass is 79.9. The molecule has 37 heavy (non-hydrogen) atoms. The predicted molar refractivity (Wildman–Crippen MR) is 148 cm³/mol. The molecule has 1 atom stereocenters. The first-order valence-electron chi connectivity index (χ1n) is 11.3. The molecular formula is C27H24Br2N4O4. The molecule has 0 heterocycles. The van der Waals surface area contributed by atoms with Crippen LogP contribution in [0, 0.1) is 11.3 Å². The molecular weight excluding hydrogens is 604 g/mol. The van der Waals surface area contributed by atoms with Crippen LogP contribution >= 0.6 is 31.9 Å². The van der Waals surface area contributed by atoms with Crippen LogP contribution in [0.1, 0.15) is 40.9 Å². The lowest BCUT2D eigenvalue weighted by atomic mass is 10.1. The molecule has 0 aliphatic rings. The maximum Gasteiger partial charge on any atom is 0.262 e. The fraction of sp³-hybridized carbons (Fsp3) is 0.185. The first kappa shape index (κ1) is 27.9. The lowest BCUT2D eigenvalue weighted by Crippen LogP contribution is -2.43. The second-order valence-corrected chi connectivity index (χ2v) is 9.44. The van der Waals surface area contributed by atoms with Gasteiger partial charge in [-0.1, -0.05) is 30.3 Å². The quantitative estimate of drug-likeness (QED) is 0.233. The summed E-state index contributed by atoms with van der Waals surface area (Å²) < 4.78 is 13.0. The highest BCUT2D eigenvalue weighted by Crippen LogP contribution is 2.37. The van der Waals surface area contributed by atoms with Crippen molar-refractivity contribution in [2.45, 2.75) is 26.5 Å². The number of carbonyl (C=O) groups is 2. The largest absolute Gasteiger partial charge is 0.490 e. The minimum Gasteiger partial charge on any atom is -0.490 e. The minimum atomic E-state index is -0.811. The number of hydrogen-bond acceptors (Lipinski definition) is 6. The van der Waals surface area contributed by atoms with E-state index in [9.17, 15) is 14.9 Å². The van der Waals surface area contributed by atoms with Gasteiger partial charge in [0.2, 0.25) is 0 Å². The van der Waals surface area contributed by atoms with Crippen LogP contribution in [0.15, 0.2) is 74.7 Å². The number of nitrogens with one attached hydrogen (secondary N) is 2. The van der Waals surface area contributed by atoms with Crippen molar-refractivity contribution in [3.05, 3.63) is 91.9 Å². The molecule has 190 valence electrons. The molecule has 3 aromatic carbocycles. The number of amides is 2. The zero-order valence-electron chi connectivity index (χ0n) is 20.1. The third kappa shape index (κ3) is 7.65. The number of carbonyl (C=O) groups excluding carboxylic acids is 2. The Hall–Kier alpha value is -3.68. The molecule has 0 aliphatic carbocycles. The van der Waals surface area contributed by atoms with E-state index in [1.807, 2.05) is 19.1 Å². The van der Waals surface area contributed by atoms with Crippen molar-refractivity contribution in [1.29, 1.82) is 5.26 Å². The van der Waals surface area contributed by atoms with Crippen LogP contribution in [0.25, 0.3) is 0 Å². The van der Waals surface area contributed by atoms with Crippen molar-refractivity contribution in [3.8, 4) is 17.6 Å². The summed E-state index contributed by atoms with van der Waals surface area (Å²) in [5, 5.41) is 16.0. The number of nitriles is 1. The maximum absolute atomic E-state index is 12.4. The molecule has 0 radical (unpaired) electrons. The molecule has 2 amide bonds. The first-order chi connectivity index (χ1) is 17.8. The number of hydrazone groups is 1. The predicted octanol–water partition coefficient (Wildman–Crippen LogP) is 5.33. The molecule has 0 saturated carbocycles. The van der Waals surface area contributed by atoms with Gasteiger partial charge in [0.15, 0.2) is 11.5 Å². The monoisotopic (exact) mass is 626 g/mol. The molecule has 0 bridgehead atoms. The number of ether oxygens (including phenoxy) is 2. The lowest BCUT2D eigenvalue weighted by molar-refractivity contribution is -0.122. The molecule has 0 aromatic heterocycles. The van der Waals surface area contributed by atoms with E-state index in [-0.39, 0.29) is 12.5 Å². The van der Waals surface area contributed by atoms with E-state index in [0.717, 1.165) is 5.56 Å². The number of rotatable bonds is 10. The van der Waals surface area contributed by atoms with Crippen LogP contribution in [0.4, 0.5) is 0 Å². The van der Waals surface area contributed by atoms with Crippen LogP contribution in [0.2, 0.25) is 0 Å². The smallest absolute Gasteiger partial charge is 0.262 e. The van der Waals surface area contributed by atoms with Crippen molar-refractivity contribution >= 4 is 49.9 Å². The summed E-state index contributed by atoms with van der Waals surface area (Å²) in [5.74, 6) is 0.113. The van der Waals surface area contributed by atoms with Crippen LogP contribution in [0.5, 0.6) is 11.5 Å². The van der Waals surface area contributed by atoms with Gasteiger partial charge in [0.05, 0.1) is 34.5 Å². The fourth-order valence-electron chi connectivity index (χ4n) is 3.22. The topological polar surface area (TPSA) is 113 Å². The summed E-state index contributed by atoms with van der Waals surface area (Å²) in [4.78, 5) is 24.8. The Morgan fingerprint density at radius 1 is 1.08 bits per heavy atom. The Kier molecular flexibility index (Phi) is 10.2. The molecule has 3 aromatic rings. The Labute approximate surface area is 231 Å². The molecule has 1 unspecified atom stereocenters. The molecule has 0 saturated heterocycles. The van der Waals surface area contributed by atoms with Gasteiger partial charge in [0.1, 0.15) is 12.6 Å². The summed E-state index contributed by atoms with van der Waals surface area (Å²) in [5.41, 5.74) is 4.80. The molecule has 0 spiro atoms. The zero-order chi connectivity index (χ0) is 26.8. The molecule has 3 rings (SSSR count). The van der Waals surface area contributed by atoms with Gasteiger partial charge in [0, 0.05) is 10.0 Å². The maximum atomic E-state index is 12.4. The third-order valence-corrected chi connectivity index (χ3v) is 6.37. The average molecular weight is 628 g/mol. The Balaban J connectivity index is 1.65. The number of hydrogen-bond donors (Lipinski definition) is 2. The molecule has 10 heteroatoms. The Bertz CT molecular complexity index is 1350. The highest BCUT2D eigenvalue weighted by Gasteiger charge is 2.18. The van der Waals surface area contributed by atoms with E-state index in [4.69, 9.17) is 9.47 Å². The number of nitrogens with zero attached hydrogens (tertiary/aromatic N) is 2. The standard InChI is InChI=1S/C27H24Br2N4O4/c1-3-36-24-13-18(12-23(29)25(24)37-16-20-9-5-4-8-19(20)14-30)15-31-33-26(34)17(2)32-27(35)21-10-6-7-11-22(21)28/h4-13,15,17H,3,16H2,1-2H3,(H,32,35)(H,33,34). The zero-order valence-corrected chi connectivity index (χ0v) is 23.3. The van der Waals surface area contributed by atoms with E-state index in [1.165, 1.54) is 6.21 Å². The molecule has 8 nitrogen and oxygen atoms in total. The summed E-state index contributed by atoms with van der Waals surface area (Å²) in [6, 6.07) is 19.0. The van der Waals surface area contributed by atoms with Gasteiger partial charge in [-0.3, -0.25) is 9.59 Å². The summed E-state index contributed by atoms with van der Waals surface area (Å²) in [6.07, 6.45) is 1.46. The summed E-state index contributed by atoms with van der Waals surface area (Å²) in [6.45, 7) is 4.02. The van der Waals surface area contributed by atoms with Crippen molar-refractivity contribution in [2.24, 2.45) is 5.10 Å². The Morgan fingerprint density at radius 2 is 1.81 bits per heavy atom. The van der Waals surface area contributed by atoms with Gasteiger partial charge in [0.25, 0.3) is 11.8 Å². The van der Waals surface area contributed by atoms with Crippen LogP contribution in [-0.4, -0.2) is 30.7 Å². The molecule has 2 N–H and O–H groups in total. The van der Waals surface area contributed by atoms with Crippen LogP contribution < -0.4 is 20.2 Å². The second-order valence-electron chi connectivity index (χ2n) is 7.73. The van der Waals surface area contributed by atoms with E-state index in [1.54, 1.807) is 55.5 Å². The van der Waals surface area contributed by atoms with Crippen molar-refractivity contribution < 1.29 is 19.1 Å². The van der Waals surface area contributed by atoms with E-state index >= 15 is 0 Å². The highest BCUT2D eigenvalue weighted by molar-refractivity contribution is 9.10. The van der Waals surface area contributed by atoms with Crippen molar-refractivity contribution in [3.63, 3.8) is 0 Å². The van der Waals surface area contributed by atoms with Crippen LogP contribution in [0.3, 0.4) is 0 Å². The first-order valence-corrected chi connectivity index (χ1v) is 12.9. The van der Waals surface area contributed by atoms with Crippen molar-refractivity contribution in [2.75, 3.05) is 6.61 Å². The van der Waals surface area contributed by atoms with Gasteiger partial charge in [-0.2, -0.15) is 10.4 Å². The lowest BCUT2D eigenvalue weighted by Gasteiger charge is -2.15. The van der Waals surface area contributed by atoms with E-state index in [2.05, 4.69) is 53.8 Å². The summed E-state index contributed by atoms with van der Waals surface area (Å²) >= 11 is 6.83. The fourth-order valence-corrected chi connectivity index (χ4v) is 4.26. The van der Waals surface area contributed by atoms with E-state index in [0.29, 0.717) is 43.7 Å². The SMILES string of the molecule is CCOc1cc(C=NNC(=O)C(C)NC(=O)c2ccccc2Br)cc(Br)c1OCc1ccccc1C#N. The van der Waals surface area contributed by atoms with Crippen LogP contribution in [-0.2, 0) is 11.4 Å². The Morgan fingerprint density at radius 3 is 2.54 bits per heavy atom. The number of halogens is 2. The minimum absolute atomic E-state index is 0.190. The third-order valence-electron chi connectivity index (χ3n) is 5.09. The summed E-state index contributed by atoms with van der Waals surface area (Å²) in [7, 11) is 0. The van der Waals surface area contributed by atoms with Gasteiger partial charge in [-0.15, -0.1) is 0 Å². The van der Waals surface area contributed by atoms with Gasteiger partial charge in [-0.25, -0.2) is 5.43 Å². The van der Waals surface area contributed by atoms with Gasteiger partial charge >= 0.3 is 0 Å². The number of benzene rings is 3. The second kappa shape index (κ2) is 13.6. The van der Waals surface area contributed by atoms with E-state index < -0.39 is 11.9 Å². The average Bonchev–Trinajstić information content (AvgIpc) is 2.88. The van der Waals surface area contributed by atoms with Crippen molar-refractivity contribution in [1.82, 2.24) is 10.7 Å². The molecule has 0 fully saturated rings. The van der Waals surface area contributed by atoms with Gasteiger partial charge < -0.3 is 14.8 Å². The molecule has 0 aliphatic heterocycles.